The van der Waals surface area contributed by atoms with Crippen molar-refractivity contribution in [2.75, 3.05) is 7.11 Å². The minimum absolute atomic E-state index is 0.0204. The van der Waals surface area contributed by atoms with E-state index in [0.29, 0.717) is 10.8 Å². The van der Waals surface area contributed by atoms with Crippen LogP contribution in [0.2, 0.25) is 5.02 Å². The number of fused-ring (bicyclic) bond motifs is 1. The number of aromatic amines is 1. The molecular formula is C14H17ClN2O2. The lowest BCUT2D eigenvalue weighted by Crippen LogP contribution is -2.31. The van der Waals surface area contributed by atoms with Gasteiger partial charge in [0.15, 0.2) is 0 Å². The van der Waals surface area contributed by atoms with E-state index in [1.54, 1.807) is 7.11 Å². The third kappa shape index (κ3) is 3.01. The first-order valence-corrected chi connectivity index (χ1v) is 6.49. The molecule has 0 radical (unpaired) electrons. The van der Waals surface area contributed by atoms with Crippen LogP contribution in [0.15, 0.2) is 18.3 Å². The van der Waals surface area contributed by atoms with Crippen molar-refractivity contribution in [1.29, 1.82) is 0 Å². The quantitative estimate of drug-likeness (QED) is 0.905. The van der Waals surface area contributed by atoms with Crippen LogP contribution in [0.1, 0.15) is 19.4 Å². The van der Waals surface area contributed by atoms with E-state index >= 15 is 0 Å². The van der Waals surface area contributed by atoms with Crippen molar-refractivity contribution in [1.82, 2.24) is 10.3 Å². The standard InChI is InChI=1S/C14H17ClN2O2/c1-8(17-9(2)18)4-10-7-16-13-6-12(15)14(19-3)5-11(10)13/h5-8,16H,4H2,1-3H3,(H,17,18). The van der Waals surface area contributed by atoms with Gasteiger partial charge in [-0.1, -0.05) is 11.6 Å². The summed E-state index contributed by atoms with van der Waals surface area (Å²) in [6, 6.07) is 3.85. The van der Waals surface area contributed by atoms with Gasteiger partial charge in [0.25, 0.3) is 0 Å². The third-order valence-corrected chi connectivity index (χ3v) is 3.31. The molecule has 4 nitrogen and oxygen atoms in total. The summed E-state index contributed by atoms with van der Waals surface area (Å²) in [7, 11) is 1.60. The fraction of sp³-hybridized carbons (Fsp3) is 0.357. The Morgan fingerprint density at radius 2 is 2.26 bits per heavy atom. The molecule has 0 saturated carbocycles. The minimum atomic E-state index is -0.0204. The van der Waals surface area contributed by atoms with Gasteiger partial charge in [0, 0.05) is 30.1 Å². The molecular weight excluding hydrogens is 264 g/mol. The van der Waals surface area contributed by atoms with E-state index in [0.717, 1.165) is 22.9 Å². The first kappa shape index (κ1) is 13.7. The van der Waals surface area contributed by atoms with Crippen LogP contribution in [0.5, 0.6) is 5.75 Å². The maximum Gasteiger partial charge on any atom is 0.217 e. The van der Waals surface area contributed by atoms with E-state index in [4.69, 9.17) is 16.3 Å². The number of aromatic nitrogens is 1. The number of rotatable bonds is 4. The number of H-pyrrole nitrogens is 1. The van der Waals surface area contributed by atoms with Gasteiger partial charge >= 0.3 is 0 Å². The second kappa shape index (κ2) is 5.53. The summed E-state index contributed by atoms with van der Waals surface area (Å²) in [5, 5.41) is 4.53. The number of ether oxygens (including phenoxy) is 1. The van der Waals surface area contributed by atoms with Crippen molar-refractivity contribution in [2.24, 2.45) is 0 Å². The zero-order valence-corrected chi connectivity index (χ0v) is 12.0. The molecule has 1 aromatic carbocycles. The van der Waals surface area contributed by atoms with Crippen molar-refractivity contribution >= 4 is 28.4 Å². The zero-order valence-electron chi connectivity index (χ0n) is 11.2. The number of methoxy groups -OCH3 is 1. The highest BCUT2D eigenvalue weighted by Gasteiger charge is 2.12. The lowest BCUT2D eigenvalue weighted by Gasteiger charge is -2.11. The smallest absolute Gasteiger partial charge is 0.217 e. The molecule has 2 N–H and O–H groups in total. The lowest BCUT2D eigenvalue weighted by molar-refractivity contribution is -0.119. The van der Waals surface area contributed by atoms with Gasteiger partial charge in [0.2, 0.25) is 5.91 Å². The maximum atomic E-state index is 11.0. The Hall–Kier alpha value is -1.68. The predicted molar refractivity (Wildman–Crippen MR) is 76.8 cm³/mol. The van der Waals surface area contributed by atoms with Crippen LogP contribution in [0.25, 0.3) is 10.9 Å². The van der Waals surface area contributed by atoms with Gasteiger partial charge in [0.05, 0.1) is 12.1 Å². The first-order valence-electron chi connectivity index (χ1n) is 6.12. The fourth-order valence-electron chi connectivity index (χ4n) is 2.23. The summed E-state index contributed by atoms with van der Waals surface area (Å²) in [6.45, 7) is 3.50. The molecule has 1 unspecified atom stereocenters. The molecule has 102 valence electrons. The number of hydrogen-bond acceptors (Lipinski definition) is 2. The summed E-state index contributed by atoms with van der Waals surface area (Å²) >= 11 is 6.09. The Kier molecular flexibility index (Phi) is 4.00. The van der Waals surface area contributed by atoms with Crippen molar-refractivity contribution in [3.8, 4) is 5.75 Å². The van der Waals surface area contributed by atoms with E-state index < -0.39 is 0 Å². The van der Waals surface area contributed by atoms with Crippen molar-refractivity contribution in [3.05, 3.63) is 28.9 Å². The molecule has 2 aromatic rings. The van der Waals surface area contributed by atoms with Crippen LogP contribution in [0, 0.1) is 0 Å². The molecule has 0 fully saturated rings. The Labute approximate surface area is 117 Å². The van der Waals surface area contributed by atoms with E-state index in [2.05, 4.69) is 10.3 Å². The molecule has 1 atom stereocenters. The number of nitrogens with one attached hydrogen (secondary N) is 2. The monoisotopic (exact) mass is 280 g/mol. The average molecular weight is 281 g/mol. The second-order valence-electron chi connectivity index (χ2n) is 4.65. The Bertz CT molecular complexity index is 607. The van der Waals surface area contributed by atoms with Crippen molar-refractivity contribution in [3.63, 3.8) is 0 Å². The number of halogens is 1. The SMILES string of the molecule is COc1cc2c(CC(C)NC(C)=O)c[nH]c2cc1Cl. The summed E-state index contributed by atoms with van der Waals surface area (Å²) in [5.41, 5.74) is 2.10. The van der Waals surface area contributed by atoms with Crippen LogP contribution in [-0.2, 0) is 11.2 Å². The molecule has 1 heterocycles. The topological polar surface area (TPSA) is 54.1 Å². The largest absolute Gasteiger partial charge is 0.495 e. The normalized spacial score (nSPS) is 12.4. The Morgan fingerprint density at radius 1 is 1.53 bits per heavy atom. The van der Waals surface area contributed by atoms with Crippen LogP contribution < -0.4 is 10.1 Å². The number of carbonyl (C=O) groups excluding carboxylic acids is 1. The highest BCUT2D eigenvalue weighted by atomic mass is 35.5. The molecule has 0 bridgehead atoms. The molecule has 0 spiro atoms. The number of amides is 1. The molecule has 2 rings (SSSR count). The highest BCUT2D eigenvalue weighted by Crippen LogP contribution is 2.31. The third-order valence-electron chi connectivity index (χ3n) is 3.02. The molecule has 1 aromatic heterocycles. The number of carbonyl (C=O) groups is 1. The number of hydrogen-bond donors (Lipinski definition) is 2. The second-order valence-corrected chi connectivity index (χ2v) is 5.06. The fourth-order valence-corrected chi connectivity index (χ4v) is 2.48. The molecule has 5 heteroatoms. The summed E-state index contributed by atoms with van der Waals surface area (Å²) < 4.78 is 5.23. The van der Waals surface area contributed by atoms with Crippen LogP contribution in [-0.4, -0.2) is 24.0 Å². The highest BCUT2D eigenvalue weighted by molar-refractivity contribution is 6.32. The summed E-state index contributed by atoms with van der Waals surface area (Å²) in [5.74, 6) is 0.634. The molecule has 19 heavy (non-hydrogen) atoms. The van der Waals surface area contributed by atoms with E-state index in [1.165, 1.54) is 6.92 Å². The van der Waals surface area contributed by atoms with Crippen molar-refractivity contribution in [2.45, 2.75) is 26.3 Å². The van der Waals surface area contributed by atoms with Crippen LogP contribution in [0.3, 0.4) is 0 Å². The van der Waals surface area contributed by atoms with E-state index in [-0.39, 0.29) is 11.9 Å². The Balaban J connectivity index is 2.31. The van der Waals surface area contributed by atoms with Crippen LogP contribution >= 0.6 is 11.6 Å². The lowest BCUT2D eigenvalue weighted by atomic mass is 10.1. The molecule has 0 aliphatic heterocycles. The van der Waals surface area contributed by atoms with Gasteiger partial charge in [-0.05, 0) is 31.0 Å². The van der Waals surface area contributed by atoms with Gasteiger partial charge in [-0.3, -0.25) is 4.79 Å². The Morgan fingerprint density at radius 3 is 2.89 bits per heavy atom. The van der Waals surface area contributed by atoms with Crippen LogP contribution in [0.4, 0.5) is 0 Å². The van der Waals surface area contributed by atoms with Gasteiger partial charge < -0.3 is 15.0 Å². The summed E-state index contributed by atoms with van der Waals surface area (Å²) in [4.78, 5) is 14.2. The minimum Gasteiger partial charge on any atom is -0.495 e. The molecule has 1 amide bonds. The van der Waals surface area contributed by atoms with Gasteiger partial charge in [-0.2, -0.15) is 0 Å². The number of benzene rings is 1. The van der Waals surface area contributed by atoms with Gasteiger partial charge in [-0.25, -0.2) is 0 Å². The first-order chi connectivity index (χ1) is 9.01. The van der Waals surface area contributed by atoms with E-state index in [9.17, 15) is 4.79 Å². The molecule has 0 aliphatic carbocycles. The molecule has 0 aliphatic rings. The van der Waals surface area contributed by atoms with E-state index in [1.807, 2.05) is 25.3 Å². The zero-order chi connectivity index (χ0) is 14.0. The van der Waals surface area contributed by atoms with Gasteiger partial charge in [0.1, 0.15) is 5.75 Å². The predicted octanol–water partition coefficient (Wildman–Crippen LogP) is 2.90. The maximum absolute atomic E-state index is 11.0. The average Bonchev–Trinajstić information content (AvgIpc) is 2.69. The van der Waals surface area contributed by atoms with Crippen molar-refractivity contribution < 1.29 is 9.53 Å². The summed E-state index contributed by atoms with van der Waals surface area (Å²) in [6.07, 6.45) is 2.70. The molecule has 0 saturated heterocycles. The van der Waals surface area contributed by atoms with Gasteiger partial charge in [-0.15, -0.1) is 0 Å².